The molecule has 0 aliphatic carbocycles. The maximum atomic E-state index is 9.29. The van der Waals surface area contributed by atoms with E-state index in [-0.39, 0.29) is 18.6 Å². The smallest absolute Gasteiger partial charge is 0.123 e. The highest BCUT2D eigenvalue weighted by Gasteiger charge is 2.22. The highest BCUT2D eigenvalue weighted by Crippen LogP contribution is 2.36. The van der Waals surface area contributed by atoms with Gasteiger partial charge in [0, 0.05) is 24.1 Å². The Morgan fingerprint density at radius 1 is 1.21 bits per heavy atom. The highest BCUT2D eigenvalue weighted by molar-refractivity contribution is 5.88. The van der Waals surface area contributed by atoms with E-state index in [9.17, 15) is 5.11 Å². The normalized spacial score (nSPS) is 14.3. The van der Waals surface area contributed by atoms with E-state index in [2.05, 4.69) is 18.2 Å². The van der Waals surface area contributed by atoms with Crippen molar-refractivity contribution in [3.05, 3.63) is 42.0 Å². The predicted octanol–water partition coefficient (Wildman–Crippen LogP) is 2.66. The fourth-order valence-electron chi connectivity index (χ4n) is 2.65. The number of hydrogen-bond donors (Lipinski definition) is 2. The second kappa shape index (κ2) is 6.04. The van der Waals surface area contributed by atoms with Gasteiger partial charge >= 0.3 is 0 Å². The van der Waals surface area contributed by atoms with Gasteiger partial charge in [0.15, 0.2) is 0 Å². The number of rotatable bonds is 5. The molecule has 0 heterocycles. The van der Waals surface area contributed by atoms with Crippen molar-refractivity contribution in [3.8, 4) is 5.75 Å². The van der Waals surface area contributed by atoms with Crippen molar-refractivity contribution >= 4 is 10.8 Å². The number of methoxy groups -OCH3 is 1. The van der Waals surface area contributed by atoms with E-state index in [1.165, 1.54) is 5.39 Å². The Morgan fingerprint density at radius 2 is 1.95 bits per heavy atom. The summed E-state index contributed by atoms with van der Waals surface area (Å²) < 4.78 is 5.49. The molecule has 3 nitrogen and oxygen atoms in total. The molecule has 2 aromatic rings. The summed E-state index contributed by atoms with van der Waals surface area (Å²) >= 11 is 0. The Labute approximate surface area is 114 Å². The van der Waals surface area contributed by atoms with Crippen molar-refractivity contribution < 1.29 is 9.84 Å². The first-order valence-corrected chi connectivity index (χ1v) is 6.61. The minimum Gasteiger partial charge on any atom is -0.496 e. The number of ether oxygens (including phenoxy) is 1. The first-order chi connectivity index (χ1) is 9.19. The monoisotopic (exact) mass is 259 g/mol. The molecule has 0 radical (unpaired) electrons. The molecule has 2 unspecified atom stereocenters. The zero-order valence-corrected chi connectivity index (χ0v) is 11.5. The third-order valence-electron chi connectivity index (χ3n) is 3.60. The Morgan fingerprint density at radius 3 is 2.58 bits per heavy atom. The Balaban J connectivity index is 2.66. The van der Waals surface area contributed by atoms with Gasteiger partial charge in [0.25, 0.3) is 0 Å². The summed E-state index contributed by atoms with van der Waals surface area (Å²) in [5, 5.41) is 11.6. The van der Waals surface area contributed by atoms with E-state index >= 15 is 0 Å². The molecule has 3 heteroatoms. The van der Waals surface area contributed by atoms with Crippen molar-refractivity contribution in [3.63, 3.8) is 0 Å². The Bertz CT molecular complexity index is 551. The Kier molecular flexibility index (Phi) is 4.40. The van der Waals surface area contributed by atoms with Crippen LogP contribution in [0.5, 0.6) is 5.75 Å². The molecular formula is C16H21NO2. The summed E-state index contributed by atoms with van der Waals surface area (Å²) in [6.45, 7) is 2.10. The number of aliphatic hydroxyl groups excluding tert-OH is 1. The lowest BCUT2D eigenvalue weighted by molar-refractivity contribution is 0.267. The van der Waals surface area contributed by atoms with E-state index in [1.54, 1.807) is 7.11 Å². The van der Waals surface area contributed by atoms with Crippen LogP contribution in [-0.2, 0) is 0 Å². The van der Waals surface area contributed by atoms with Crippen molar-refractivity contribution in [2.75, 3.05) is 13.7 Å². The molecule has 3 N–H and O–H groups in total. The molecule has 19 heavy (non-hydrogen) atoms. The van der Waals surface area contributed by atoms with Crippen molar-refractivity contribution in [2.24, 2.45) is 5.73 Å². The number of hydrogen-bond acceptors (Lipinski definition) is 3. The average molecular weight is 259 g/mol. The second-order valence-corrected chi connectivity index (χ2v) is 4.88. The molecule has 2 aromatic carbocycles. The van der Waals surface area contributed by atoms with Gasteiger partial charge in [-0.15, -0.1) is 0 Å². The van der Waals surface area contributed by atoms with Crippen LogP contribution in [0, 0.1) is 0 Å². The topological polar surface area (TPSA) is 55.5 Å². The number of aliphatic hydroxyl groups is 1. The second-order valence-electron chi connectivity index (χ2n) is 4.88. The lowest BCUT2D eigenvalue weighted by atomic mass is 9.86. The summed E-state index contributed by atoms with van der Waals surface area (Å²) in [5.41, 5.74) is 7.20. The molecule has 0 fully saturated rings. The van der Waals surface area contributed by atoms with Gasteiger partial charge in [0.05, 0.1) is 7.11 Å². The number of nitrogens with two attached hydrogens (primary N) is 1. The third-order valence-corrected chi connectivity index (χ3v) is 3.60. The first-order valence-electron chi connectivity index (χ1n) is 6.61. The third kappa shape index (κ3) is 2.72. The molecule has 0 aliphatic heterocycles. The van der Waals surface area contributed by atoms with Gasteiger partial charge < -0.3 is 15.6 Å². The van der Waals surface area contributed by atoms with Crippen molar-refractivity contribution in [1.82, 2.24) is 0 Å². The van der Waals surface area contributed by atoms with Crippen LogP contribution >= 0.6 is 0 Å². The summed E-state index contributed by atoms with van der Waals surface area (Å²) in [4.78, 5) is 0. The predicted molar refractivity (Wildman–Crippen MR) is 78.6 cm³/mol. The number of benzene rings is 2. The minimum atomic E-state index is -0.0353. The Hall–Kier alpha value is -1.58. The van der Waals surface area contributed by atoms with Crippen LogP contribution in [0.3, 0.4) is 0 Å². The highest BCUT2D eigenvalue weighted by atomic mass is 16.5. The fourth-order valence-corrected chi connectivity index (χ4v) is 2.65. The molecule has 0 saturated carbocycles. The zero-order chi connectivity index (χ0) is 13.8. The average Bonchev–Trinajstić information content (AvgIpc) is 2.43. The van der Waals surface area contributed by atoms with Gasteiger partial charge in [-0.2, -0.15) is 0 Å². The van der Waals surface area contributed by atoms with Gasteiger partial charge in [-0.3, -0.25) is 0 Å². The summed E-state index contributed by atoms with van der Waals surface area (Å²) in [5.74, 6) is 0.931. The van der Waals surface area contributed by atoms with Crippen LogP contribution in [0.1, 0.15) is 24.8 Å². The SMILES string of the molecule is COc1ccc2ccccc2c1C(CCO)C(C)N. The van der Waals surface area contributed by atoms with E-state index < -0.39 is 0 Å². The van der Waals surface area contributed by atoms with Crippen LogP contribution in [0.2, 0.25) is 0 Å². The van der Waals surface area contributed by atoms with E-state index in [0.717, 1.165) is 16.7 Å². The quantitative estimate of drug-likeness (QED) is 0.868. The van der Waals surface area contributed by atoms with Crippen LogP contribution in [0.4, 0.5) is 0 Å². The maximum absolute atomic E-state index is 9.29. The molecule has 2 rings (SSSR count). The fraction of sp³-hybridized carbons (Fsp3) is 0.375. The van der Waals surface area contributed by atoms with Gasteiger partial charge in [-0.25, -0.2) is 0 Å². The van der Waals surface area contributed by atoms with Crippen LogP contribution in [0.15, 0.2) is 36.4 Å². The largest absolute Gasteiger partial charge is 0.496 e. The molecule has 0 saturated heterocycles. The standard InChI is InChI=1S/C16H21NO2/c1-11(17)13(9-10-18)16-14-6-4-3-5-12(14)7-8-15(16)19-2/h3-8,11,13,18H,9-10,17H2,1-2H3. The lowest BCUT2D eigenvalue weighted by Crippen LogP contribution is -2.26. The van der Waals surface area contributed by atoms with E-state index in [4.69, 9.17) is 10.5 Å². The molecule has 0 aromatic heterocycles. The molecule has 0 bridgehead atoms. The maximum Gasteiger partial charge on any atom is 0.123 e. The van der Waals surface area contributed by atoms with Crippen LogP contribution < -0.4 is 10.5 Å². The molecule has 0 spiro atoms. The van der Waals surface area contributed by atoms with Crippen molar-refractivity contribution in [1.29, 1.82) is 0 Å². The van der Waals surface area contributed by atoms with Crippen LogP contribution in [0.25, 0.3) is 10.8 Å². The molecule has 2 atom stereocenters. The van der Waals surface area contributed by atoms with Gasteiger partial charge in [0.2, 0.25) is 0 Å². The van der Waals surface area contributed by atoms with Crippen LogP contribution in [-0.4, -0.2) is 24.9 Å². The number of fused-ring (bicyclic) bond motifs is 1. The molecule has 0 aliphatic rings. The lowest BCUT2D eigenvalue weighted by Gasteiger charge is -2.24. The molecule has 102 valence electrons. The van der Waals surface area contributed by atoms with E-state index in [1.807, 2.05) is 25.1 Å². The summed E-state index contributed by atoms with van der Waals surface area (Å²) in [6, 6.07) is 12.2. The summed E-state index contributed by atoms with van der Waals surface area (Å²) in [7, 11) is 1.67. The van der Waals surface area contributed by atoms with Crippen molar-refractivity contribution in [2.45, 2.75) is 25.3 Å². The summed E-state index contributed by atoms with van der Waals surface area (Å²) in [6.07, 6.45) is 0.641. The van der Waals surface area contributed by atoms with Gasteiger partial charge in [-0.1, -0.05) is 30.3 Å². The van der Waals surface area contributed by atoms with Gasteiger partial charge in [0.1, 0.15) is 5.75 Å². The van der Waals surface area contributed by atoms with E-state index in [0.29, 0.717) is 6.42 Å². The molecular weight excluding hydrogens is 238 g/mol. The first kappa shape index (κ1) is 13.8. The molecule has 0 amide bonds. The minimum absolute atomic E-state index is 0.0353. The van der Waals surface area contributed by atoms with Gasteiger partial charge in [-0.05, 0) is 30.2 Å². The zero-order valence-electron chi connectivity index (χ0n) is 11.5.